The summed E-state index contributed by atoms with van der Waals surface area (Å²) in [4.78, 5) is 0. The lowest BCUT2D eigenvalue weighted by Crippen LogP contribution is -2.25. The molecule has 0 spiro atoms. The van der Waals surface area contributed by atoms with Crippen LogP contribution < -0.4 is 11.5 Å². The number of rotatable bonds is 0. The highest BCUT2D eigenvalue weighted by Crippen LogP contribution is 1.41. The molecule has 0 aromatic rings. The maximum absolute atomic E-state index is 7.57. The zero-order valence-corrected chi connectivity index (χ0v) is 4.89. The first-order chi connectivity index (χ1) is 3.15. The lowest BCUT2D eigenvalue weighted by molar-refractivity contribution is 0.318. The van der Waals surface area contributed by atoms with E-state index in [1.165, 1.54) is 0 Å². The molecule has 7 heavy (non-hydrogen) atoms. The molecule has 0 aliphatic carbocycles. The highest BCUT2D eigenvalue weighted by atomic mass is 16.2. The second-order valence-corrected chi connectivity index (χ2v) is 1.18. The second-order valence-electron chi connectivity index (χ2n) is 1.18. The lowest BCUT2D eigenvalue weighted by Gasteiger charge is -1.83. The molecule has 0 saturated heterocycles. The summed E-state index contributed by atoms with van der Waals surface area (Å²) in [6.07, 6.45) is -0.167. The largest absolute Gasteiger partial charge is 0.397 e. The minimum Gasteiger partial charge on any atom is -0.397 e. The van der Waals surface area contributed by atoms with Crippen molar-refractivity contribution in [3.63, 3.8) is 0 Å². The van der Waals surface area contributed by atoms with Crippen molar-refractivity contribution in [1.82, 2.24) is 0 Å². The summed E-state index contributed by atoms with van der Waals surface area (Å²) in [6, 6.07) is 0. The van der Waals surface area contributed by atoms with E-state index >= 15 is 0 Å². The number of hydrogen-bond acceptors (Lipinski definition) is 3. The van der Waals surface area contributed by atoms with Gasteiger partial charge in [-0.25, -0.2) is 0 Å². The first kappa shape index (κ1) is 9.99. The van der Waals surface area contributed by atoms with Gasteiger partial charge in [0.05, 0.1) is 0 Å². The van der Waals surface area contributed by atoms with Gasteiger partial charge in [0.2, 0.25) is 0 Å². The van der Waals surface area contributed by atoms with E-state index in [9.17, 15) is 0 Å². The van der Waals surface area contributed by atoms with Gasteiger partial charge in [-0.3, -0.25) is 0 Å². The summed E-state index contributed by atoms with van der Waals surface area (Å²) in [5, 5.41) is 7.57. The normalized spacial score (nSPS) is 7.71. The molecule has 0 rings (SSSR count). The van der Waals surface area contributed by atoms with Gasteiger partial charge in [-0.1, -0.05) is 0 Å². The first-order valence-corrected chi connectivity index (χ1v) is 2.27. The molecule has 5 N–H and O–H groups in total. The molecule has 0 heterocycles. The fourth-order valence-corrected chi connectivity index (χ4v) is 0. The van der Waals surface area contributed by atoms with E-state index in [-0.39, 0.29) is 12.8 Å². The summed E-state index contributed by atoms with van der Waals surface area (Å²) < 4.78 is 0. The molecule has 0 aromatic carbocycles. The summed E-state index contributed by atoms with van der Waals surface area (Å²) >= 11 is 0. The molecule has 0 saturated carbocycles. The van der Waals surface area contributed by atoms with Gasteiger partial charge in [-0.05, 0) is 13.8 Å². The highest BCUT2D eigenvalue weighted by Gasteiger charge is 1.66. The average molecular weight is 106 g/mol. The lowest BCUT2D eigenvalue weighted by atomic mass is 10.7. The molecule has 0 radical (unpaired) electrons. The molecule has 0 aliphatic heterocycles. The van der Waals surface area contributed by atoms with Crippen molar-refractivity contribution >= 4 is 0 Å². The van der Waals surface area contributed by atoms with E-state index in [1.807, 2.05) is 0 Å². The summed E-state index contributed by atoms with van der Waals surface area (Å²) in [6.45, 7) is 3.65. The fourth-order valence-electron chi connectivity index (χ4n) is 0. The van der Waals surface area contributed by atoms with Gasteiger partial charge in [-0.15, -0.1) is 0 Å². The van der Waals surface area contributed by atoms with E-state index in [4.69, 9.17) is 16.6 Å². The topological polar surface area (TPSA) is 72.3 Å². The quantitative estimate of drug-likeness (QED) is 0.356. The monoisotopic (exact) mass is 106 g/mol. The van der Waals surface area contributed by atoms with Gasteiger partial charge in [-0.2, -0.15) is 0 Å². The first-order valence-electron chi connectivity index (χ1n) is 2.27. The smallest absolute Gasteiger partial charge is 0.0491 e. The molecule has 46 valence electrons. The van der Waals surface area contributed by atoms with Crippen LogP contribution in [0.1, 0.15) is 13.8 Å². The van der Waals surface area contributed by atoms with Crippen LogP contribution in [-0.4, -0.2) is 17.9 Å². The third kappa shape index (κ3) is 6150. The van der Waals surface area contributed by atoms with Crippen LogP contribution in [0.15, 0.2) is 0 Å². The predicted octanol–water partition coefficient (Wildman–Crippen LogP) is -0.752. The van der Waals surface area contributed by atoms with Gasteiger partial charge in [0.1, 0.15) is 0 Å². The van der Waals surface area contributed by atoms with Crippen molar-refractivity contribution in [2.24, 2.45) is 11.5 Å². The summed E-state index contributed by atoms with van der Waals surface area (Å²) in [5.74, 6) is 0. The van der Waals surface area contributed by atoms with E-state index in [0.29, 0.717) is 0 Å². The maximum Gasteiger partial charge on any atom is 0.0491 e. The molecule has 3 nitrogen and oxygen atoms in total. The maximum atomic E-state index is 7.57. The van der Waals surface area contributed by atoms with E-state index in [1.54, 1.807) is 13.8 Å². The fraction of sp³-hybridized carbons (Fsp3) is 1.00. The SMILES string of the molecule is CC(N)N.CCO. The third-order valence-electron chi connectivity index (χ3n) is 0. The third-order valence-corrected chi connectivity index (χ3v) is 0. The Labute approximate surface area is 44.3 Å². The number of hydrogen-bond donors (Lipinski definition) is 3. The van der Waals surface area contributed by atoms with Crippen LogP contribution >= 0.6 is 0 Å². The van der Waals surface area contributed by atoms with Crippen molar-refractivity contribution in [2.75, 3.05) is 6.61 Å². The highest BCUT2D eigenvalue weighted by molar-refractivity contribution is 4.28. The van der Waals surface area contributed by atoms with Crippen LogP contribution in [0, 0.1) is 0 Å². The molecule has 0 aliphatic rings. The van der Waals surface area contributed by atoms with Gasteiger partial charge in [0.25, 0.3) is 0 Å². The number of aliphatic hydroxyl groups excluding tert-OH is 1. The molecule has 3 heteroatoms. The molecular formula is C4H14N2O. The van der Waals surface area contributed by atoms with Crippen molar-refractivity contribution in [1.29, 1.82) is 0 Å². The van der Waals surface area contributed by atoms with Gasteiger partial charge >= 0.3 is 0 Å². The Balaban J connectivity index is 0. The van der Waals surface area contributed by atoms with Crippen LogP contribution in [-0.2, 0) is 0 Å². The summed E-state index contributed by atoms with van der Waals surface area (Å²) in [5.41, 5.74) is 9.78. The standard InChI is InChI=1S/C2H8N2.C2H6O/c1-2(3)4;1-2-3/h2H,3-4H2,1H3;3H,2H2,1H3. The summed E-state index contributed by atoms with van der Waals surface area (Å²) in [7, 11) is 0. The zero-order chi connectivity index (χ0) is 6.28. The Hall–Kier alpha value is -0.120. The Kier molecular flexibility index (Phi) is 13.3. The van der Waals surface area contributed by atoms with Gasteiger partial charge < -0.3 is 16.6 Å². The van der Waals surface area contributed by atoms with Crippen molar-refractivity contribution in [2.45, 2.75) is 20.0 Å². The van der Waals surface area contributed by atoms with E-state index in [0.717, 1.165) is 0 Å². The van der Waals surface area contributed by atoms with E-state index < -0.39 is 0 Å². The molecule has 0 atom stereocenters. The predicted molar refractivity (Wildman–Crippen MR) is 30.6 cm³/mol. The van der Waals surface area contributed by atoms with Crippen LogP contribution in [0.2, 0.25) is 0 Å². The second kappa shape index (κ2) is 9.30. The number of aliphatic hydroxyl groups is 1. The van der Waals surface area contributed by atoms with E-state index in [2.05, 4.69) is 0 Å². The van der Waals surface area contributed by atoms with Crippen LogP contribution in [0.5, 0.6) is 0 Å². The van der Waals surface area contributed by atoms with Gasteiger partial charge in [0.15, 0.2) is 0 Å². The molecule has 0 fully saturated rings. The number of nitrogens with two attached hydrogens (primary N) is 2. The van der Waals surface area contributed by atoms with Gasteiger partial charge in [0, 0.05) is 12.8 Å². The molecular weight excluding hydrogens is 92.1 g/mol. The van der Waals surface area contributed by atoms with Crippen molar-refractivity contribution < 1.29 is 5.11 Å². The Morgan fingerprint density at radius 3 is 1.57 bits per heavy atom. The molecule has 0 bridgehead atoms. The Bertz CT molecular complexity index is 20.9. The molecule has 0 aromatic heterocycles. The average Bonchev–Trinajstić information content (AvgIpc) is 1.33. The molecule has 0 unspecified atom stereocenters. The van der Waals surface area contributed by atoms with Crippen molar-refractivity contribution in [3.8, 4) is 0 Å². The molecule has 0 amide bonds. The minimum atomic E-state index is -0.167. The Morgan fingerprint density at radius 1 is 1.57 bits per heavy atom. The van der Waals surface area contributed by atoms with Crippen LogP contribution in [0.25, 0.3) is 0 Å². The minimum absolute atomic E-state index is 0.167. The van der Waals surface area contributed by atoms with Crippen LogP contribution in [0.4, 0.5) is 0 Å². The zero-order valence-electron chi connectivity index (χ0n) is 4.89. The van der Waals surface area contributed by atoms with Crippen LogP contribution in [0.3, 0.4) is 0 Å². The Morgan fingerprint density at radius 2 is 1.57 bits per heavy atom. The van der Waals surface area contributed by atoms with Crippen molar-refractivity contribution in [3.05, 3.63) is 0 Å².